The highest BCUT2D eigenvalue weighted by Gasteiger charge is 2.24. The second-order valence-electron chi connectivity index (χ2n) is 10.1. The van der Waals surface area contributed by atoms with Crippen molar-refractivity contribution in [3.8, 4) is 33.2 Å². The Bertz CT molecular complexity index is 1970. The maximum atomic E-state index is 16.2. The van der Waals surface area contributed by atoms with Crippen LogP contribution in [0.2, 0.25) is 0 Å². The van der Waals surface area contributed by atoms with Gasteiger partial charge >= 0.3 is 0 Å². The SMILES string of the molecule is CC(=O)c1ccc(-c2nccc3[nH]c(-c4[nH]nc5ncc(-c6cncc(NC(=O)C7CCCC7)c6)c(F)c45)nc23)s1. The summed E-state index contributed by atoms with van der Waals surface area (Å²) in [6, 6.07) is 7.09. The molecule has 12 heteroatoms. The molecular weight excluding hydrogens is 543 g/mol. The number of imidazole rings is 1. The fraction of sp³-hybridized carbons (Fsp3) is 0.207. The van der Waals surface area contributed by atoms with E-state index < -0.39 is 5.82 Å². The van der Waals surface area contributed by atoms with Crippen molar-refractivity contribution in [2.45, 2.75) is 32.6 Å². The summed E-state index contributed by atoms with van der Waals surface area (Å²) in [4.78, 5) is 47.0. The third kappa shape index (κ3) is 4.45. The fourth-order valence-corrected chi connectivity index (χ4v) is 6.20. The zero-order valence-corrected chi connectivity index (χ0v) is 22.7. The van der Waals surface area contributed by atoms with Gasteiger partial charge in [-0.1, -0.05) is 12.8 Å². The molecule has 1 fully saturated rings. The molecule has 0 bridgehead atoms. The molecule has 204 valence electrons. The number of Topliss-reactive ketones (excluding diaryl/α,β-unsaturated/α-hetero) is 1. The van der Waals surface area contributed by atoms with Crippen LogP contribution in [0.15, 0.2) is 49.1 Å². The van der Waals surface area contributed by atoms with Crippen LogP contribution in [0, 0.1) is 11.7 Å². The first-order chi connectivity index (χ1) is 20.0. The van der Waals surface area contributed by atoms with Crippen LogP contribution in [0.25, 0.3) is 55.3 Å². The van der Waals surface area contributed by atoms with E-state index in [2.05, 4.69) is 35.5 Å². The number of pyridine rings is 3. The van der Waals surface area contributed by atoms with Crippen LogP contribution in [0.3, 0.4) is 0 Å². The van der Waals surface area contributed by atoms with Crippen LogP contribution in [-0.2, 0) is 4.79 Å². The third-order valence-electron chi connectivity index (χ3n) is 7.39. The lowest BCUT2D eigenvalue weighted by molar-refractivity contribution is -0.119. The van der Waals surface area contributed by atoms with Gasteiger partial charge in [-0.25, -0.2) is 14.4 Å². The number of nitrogens with one attached hydrogen (secondary N) is 3. The number of hydrogen-bond donors (Lipinski definition) is 3. The lowest BCUT2D eigenvalue weighted by Crippen LogP contribution is -2.20. The number of halogens is 1. The molecule has 0 aliphatic heterocycles. The van der Waals surface area contributed by atoms with Gasteiger partial charge in [0.15, 0.2) is 17.3 Å². The van der Waals surface area contributed by atoms with Gasteiger partial charge in [0.05, 0.1) is 32.5 Å². The molecule has 1 amide bonds. The first-order valence-electron chi connectivity index (χ1n) is 13.2. The minimum Gasteiger partial charge on any atom is -0.337 e. The van der Waals surface area contributed by atoms with Crippen molar-refractivity contribution in [1.82, 2.24) is 35.1 Å². The molecule has 1 aliphatic rings. The summed E-state index contributed by atoms with van der Waals surface area (Å²) >= 11 is 1.34. The molecule has 1 aliphatic carbocycles. The summed E-state index contributed by atoms with van der Waals surface area (Å²) in [6.07, 6.45) is 10.0. The van der Waals surface area contributed by atoms with Crippen LogP contribution in [0.5, 0.6) is 0 Å². The molecule has 0 radical (unpaired) electrons. The Morgan fingerprint density at radius 2 is 1.95 bits per heavy atom. The highest BCUT2D eigenvalue weighted by molar-refractivity contribution is 7.17. The van der Waals surface area contributed by atoms with Crippen molar-refractivity contribution >= 4 is 50.8 Å². The van der Waals surface area contributed by atoms with Gasteiger partial charge in [-0.2, -0.15) is 5.10 Å². The number of amides is 1. The van der Waals surface area contributed by atoms with Crippen LogP contribution in [-0.4, -0.2) is 46.8 Å². The Morgan fingerprint density at radius 3 is 2.76 bits per heavy atom. The quantitative estimate of drug-likeness (QED) is 0.205. The van der Waals surface area contributed by atoms with Gasteiger partial charge < -0.3 is 10.3 Å². The number of fused-ring (bicyclic) bond motifs is 2. The monoisotopic (exact) mass is 566 g/mol. The highest BCUT2D eigenvalue weighted by Crippen LogP contribution is 2.36. The van der Waals surface area contributed by atoms with E-state index in [1.807, 2.05) is 6.07 Å². The molecule has 7 rings (SSSR count). The second-order valence-corrected chi connectivity index (χ2v) is 11.2. The number of thiophene rings is 1. The number of H-pyrrole nitrogens is 2. The number of aromatic amines is 2. The normalized spacial score (nSPS) is 13.8. The average molecular weight is 567 g/mol. The zero-order valence-electron chi connectivity index (χ0n) is 21.9. The summed E-state index contributed by atoms with van der Waals surface area (Å²) in [6.45, 7) is 1.52. The maximum absolute atomic E-state index is 16.2. The van der Waals surface area contributed by atoms with E-state index in [0.717, 1.165) is 30.6 Å². The largest absolute Gasteiger partial charge is 0.337 e. The Balaban J connectivity index is 1.27. The van der Waals surface area contributed by atoms with E-state index in [0.29, 0.717) is 44.4 Å². The number of ketones is 1. The van der Waals surface area contributed by atoms with Crippen LogP contribution >= 0.6 is 11.3 Å². The molecular formula is C29H23FN8O2S. The third-order valence-corrected chi connectivity index (χ3v) is 8.58. The number of aromatic nitrogens is 7. The van der Waals surface area contributed by atoms with Crippen molar-refractivity contribution in [2.24, 2.45) is 5.92 Å². The van der Waals surface area contributed by atoms with Crippen molar-refractivity contribution in [3.63, 3.8) is 0 Å². The predicted octanol–water partition coefficient (Wildman–Crippen LogP) is 6.16. The van der Waals surface area contributed by atoms with E-state index in [1.165, 1.54) is 30.7 Å². The van der Waals surface area contributed by atoms with E-state index in [-0.39, 0.29) is 34.2 Å². The number of rotatable bonds is 6. The van der Waals surface area contributed by atoms with Gasteiger partial charge in [0, 0.05) is 35.6 Å². The van der Waals surface area contributed by atoms with Crippen LogP contribution in [0.1, 0.15) is 42.3 Å². The Kier molecular flexibility index (Phi) is 6.11. The van der Waals surface area contributed by atoms with Crippen molar-refractivity contribution in [1.29, 1.82) is 0 Å². The van der Waals surface area contributed by atoms with E-state index >= 15 is 4.39 Å². The molecule has 3 N–H and O–H groups in total. The Hall–Kier alpha value is -4.84. The zero-order chi connectivity index (χ0) is 28.1. The molecule has 41 heavy (non-hydrogen) atoms. The van der Waals surface area contributed by atoms with Crippen molar-refractivity contribution in [3.05, 3.63) is 59.7 Å². The molecule has 6 aromatic heterocycles. The lowest BCUT2D eigenvalue weighted by Gasteiger charge is -2.11. The van der Waals surface area contributed by atoms with E-state index in [1.54, 1.807) is 30.6 Å². The summed E-state index contributed by atoms with van der Waals surface area (Å²) in [5.74, 6) is -0.226. The standard InChI is InChI=1S/C29H23FN8O2S/c1-14(39)20-6-7-21(41-20)25-24-19(8-9-32-25)35-28(36-24)26-22-23(30)18(13-33-27(22)38-37-26)16-10-17(12-31-11-16)34-29(40)15-4-2-3-5-15/h6-13,15H,2-5H2,1H3,(H,34,40)(H,35,36)(H,33,37,38). The molecule has 6 heterocycles. The maximum Gasteiger partial charge on any atom is 0.227 e. The molecule has 0 aromatic carbocycles. The summed E-state index contributed by atoms with van der Waals surface area (Å²) in [5, 5.41) is 10.2. The summed E-state index contributed by atoms with van der Waals surface area (Å²) < 4.78 is 16.2. The first kappa shape index (κ1) is 25.1. The number of carbonyl (C=O) groups is 2. The minimum absolute atomic E-state index is 0.00238. The lowest BCUT2D eigenvalue weighted by atomic mass is 10.1. The van der Waals surface area contributed by atoms with Crippen LogP contribution < -0.4 is 5.32 Å². The van der Waals surface area contributed by atoms with Gasteiger partial charge in [0.1, 0.15) is 22.7 Å². The van der Waals surface area contributed by atoms with Gasteiger partial charge in [-0.05, 0) is 44.0 Å². The number of anilines is 1. The molecule has 1 saturated carbocycles. The Labute approximate surface area is 236 Å². The first-order valence-corrected chi connectivity index (χ1v) is 14.0. The molecule has 0 unspecified atom stereocenters. The molecule has 0 atom stereocenters. The average Bonchev–Trinajstić information content (AvgIpc) is 3.78. The Morgan fingerprint density at radius 1 is 1.10 bits per heavy atom. The summed E-state index contributed by atoms with van der Waals surface area (Å²) in [5.41, 5.74) is 3.64. The van der Waals surface area contributed by atoms with Crippen molar-refractivity contribution in [2.75, 3.05) is 5.32 Å². The molecule has 6 aromatic rings. The van der Waals surface area contributed by atoms with E-state index in [4.69, 9.17) is 4.98 Å². The fourth-order valence-electron chi connectivity index (χ4n) is 5.30. The van der Waals surface area contributed by atoms with E-state index in [9.17, 15) is 9.59 Å². The molecule has 0 saturated heterocycles. The molecule has 0 spiro atoms. The topological polar surface area (TPSA) is 142 Å². The number of carbonyl (C=O) groups excluding carboxylic acids is 2. The number of hydrogen-bond acceptors (Lipinski definition) is 8. The number of nitrogens with zero attached hydrogens (tertiary/aromatic N) is 5. The smallest absolute Gasteiger partial charge is 0.227 e. The van der Waals surface area contributed by atoms with Gasteiger partial charge in [0.2, 0.25) is 5.91 Å². The second kappa shape index (κ2) is 9.97. The van der Waals surface area contributed by atoms with Crippen LogP contribution in [0.4, 0.5) is 10.1 Å². The van der Waals surface area contributed by atoms with Gasteiger partial charge in [-0.15, -0.1) is 11.3 Å². The summed E-state index contributed by atoms with van der Waals surface area (Å²) in [7, 11) is 0. The van der Waals surface area contributed by atoms with Crippen molar-refractivity contribution < 1.29 is 14.0 Å². The highest BCUT2D eigenvalue weighted by atomic mass is 32.1. The minimum atomic E-state index is -0.539. The predicted molar refractivity (Wildman–Crippen MR) is 154 cm³/mol. The molecule has 10 nitrogen and oxygen atoms in total. The van der Waals surface area contributed by atoms with Gasteiger partial charge in [-0.3, -0.25) is 24.7 Å². The van der Waals surface area contributed by atoms with Gasteiger partial charge in [0.25, 0.3) is 0 Å².